The Kier molecular flexibility index (Phi) is 5.63. The Morgan fingerprint density at radius 3 is 2.46 bits per heavy atom. The zero-order chi connectivity index (χ0) is 18.5. The fourth-order valence-electron chi connectivity index (χ4n) is 3.10. The highest BCUT2D eigenvalue weighted by Gasteiger charge is 2.22. The highest BCUT2D eigenvalue weighted by Crippen LogP contribution is 2.27. The molecule has 0 aromatic heterocycles. The van der Waals surface area contributed by atoms with Crippen LogP contribution >= 0.6 is 0 Å². The molecular weight excluding hydrogens is 332 g/mol. The lowest BCUT2D eigenvalue weighted by Crippen LogP contribution is -2.22. The molecule has 3 rings (SSSR count). The third-order valence-electron chi connectivity index (χ3n) is 4.62. The Morgan fingerprint density at radius 1 is 1.08 bits per heavy atom. The van der Waals surface area contributed by atoms with Crippen LogP contribution < -0.4 is 19.7 Å². The number of ether oxygens (including phenoxy) is 3. The molecule has 2 aromatic rings. The molecule has 0 saturated carbocycles. The summed E-state index contributed by atoms with van der Waals surface area (Å²) in [6.45, 7) is 1.87. The van der Waals surface area contributed by atoms with Gasteiger partial charge in [-0.05, 0) is 42.8 Å². The fraction of sp³-hybridized carbons (Fsp3) is 0.350. The number of methoxy groups -OCH3 is 3. The van der Waals surface area contributed by atoms with Crippen LogP contribution in [0.1, 0.15) is 16.8 Å². The van der Waals surface area contributed by atoms with Gasteiger partial charge in [0.05, 0.1) is 25.9 Å². The van der Waals surface area contributed by atoms with Gasteiger partial charge in [-0.3, -0.25) is 4.79 Å². The number of carbonyl (C=O) groups excluding carboxylic acids is 1. The van der Waals surface area contributed by atoms with Gasteiger partial charge in [-0.25, -0.2) is 0 Å². The second-order valence-corrected chi connectivity index (χ2v) is 6.16. The highest BCUT2D eigenvalue weighted by atomic mass is 16.5. The number of hydrogen-bond donors (Lipinski definition) is 1. The minimum absolute atomic E-state index is 0.224. The van der Waals surface area contributed by atoms with E-state index in [-0.39, 0.29) is 12.0 Å². The van der Waals surface area contributed by atoms with E-state index in [4.69, 9.17) is 14.2 Å². The molecule has 1 saturated heterocycles. The van der Waals surface area contributed by atoms with Crippen molar-refractivity contribution in [2.45, 2.75) is 12.5 Å². The van der Waals surface area contributed by atoms with E-state index >= 15 is 0 Å². The number of benzene rings is 2. The van der Waals surface area contributed by atoms with Crippen molar-refractivity contribution in [3.8, 4) is 11.5 Å². The van der Waals surface area contributed by atoms with Crippen LogP contribution in [0.2, 0.25) is 0 Å². The van der Waals surface area contributed by atoms with Gasteiger partial charge in [0, 0.05) is 37.6 Å². The minimum atomic E-state index is -0.224. The van der Waals surface area contributed by atoms with E-state index < -0.39 is 0 Å². The van der Waals surface area contributed by atoms with Crippen molar-refractivity contribution in [2.24, 2.45) is 0 Å². The van der Waals surface area contributed by atoms with Gasteiger partial charge in [0.15, 0.2) is 0 Å². The second-order valence-electron chi connectivity index (χ2n) is 6.16. The van der Waals surface area contributed by atoms with Crippen molar-refractivity contribution in [1.82, 2.24) is 0 Å². The van der Waals surface area contributed by atoms with E-state index in [0.717, 1.165) is 30.9 Å². The molecule has 6 nitrogen and oxygen atoms in total. The Balaban J connectivity index is 1.68. The molecule has 1 aliphatic heterocycles. The summed E-state index contributed by atoms with van der Waals surface area (Å²) in [5, 5.41) is 2.91. The smallest absolute Gasteiger partial charge is 0.259 e. The average Bonchev–Trinajstić information content (AvgIpc) is 3.17. The Hall–Kier alpha value is -2.73. The minimum Gasteiger partial charge on any atom is -0.497 e. The van der Waals surface area contributed by atoms with Crippen LogP contribution in [0, 0.1) is 0 Å². The summed E-state index contributed by atoms with van der Waals surface area (Å²) >= 11 is 0. The monoisotopic (exact) mass is 356 g/mol. The molecule has 1 unspecified atom stereocenters. The van der Waals surface area contributed by atoms with Gasteiger partial charge in [-0.15, -0.1) is 0 Å². The molecule has 0 bridgehead atoms. The molecule has 1 fully saturated rings. The second kappa shape index (κ2) is 8.10. The molecule has 1 heterocycles. The van der Waals surface area contributed by atoms with Gasteiger partial charge >= 0.3 is 0 Å². The standard InChI is InChI=1S/C20H24N2O4/c1-24-16-8-9-18(19(12-16)26-3)20(23)21-14-4-6-15(7-5-14)22-11-10-17(13-22)25-2/h4-9,12,17H,10-11,13H2,1-3H3,(H,21,23). The van der Waals surface area contributed by atoms with E-state index in [1.54, 1.807) is 32.4 Å². The van der Waals surface area contributed by atoms with Gasteiger partial charge in [-0.1, -0.05) is 0 Å². The topological polar surface area (TPSA) is 60.0 Å². The van der Waals surface area contributed by atoms with Crippen molar-refractivity contribution in [1.29, 1.82) is 0 Å². The van der Waals surface area contributed by atoms with Gasteiger partial charge in [0.1, 0.15) is 11.5 Å². The summed E-state index contributed by atoms with van der Waals surface area (Å²) in [5.41, 5.74) is 2.32. The van der Waals surface area contributed by atoms with Crippen LogP contribution in [-0.4, -0.2) is 46.4 Å². The first kappa shape index (κ1) is 18.1. The van der Waals surface area contributed by atoms with E-state index in [1.807, 2.05) is 24.3 Å². The molecule has 0 spiro atoms. The van der Waals surface area contributed by atoms with Crippen molar-refractivity contribution in [3.05, 3.63) is 48.0 Å². The van der Waals surface area contributed by atoms with Crippen LogP contribution in [0.5, 0.6) is 11.5 Å². The SMILES string of the molecule is COc1ccc(C(=O)Nc2ccc(N3CCC(OC)C3)cc2)c(OC)c1. The maximum Gasteiger partial charge on any atom is 0.259 e. The first-order valence-electron chi connectivity index (χ1n) is 8.55. The molecule has 138 valence electrons. The van der Waals surface area contributed by atoms with Gasteiger partial charge < -0.3 is 24.4 Å². The Bertz CT molecular complexity index is 761. The predicted molar refractivity (Wildman–Crippen MR) is 102 cm³/mol. The van der Waals surface area contributed by atoms with E-state index in [1.165, 1.54) is 7.11 Å². The largest absolute Gasteiger partial charge is 0.497 e. The van der Waals surface area contributed by atoms with Crippen molar-refractivity contribution < 1.29 is 19.0 Å². The van der Waals surface area contributed by atoms with E-state index in [2.05, 4.69) is 10.2 Å². The van der Waals surface area contributed by atoms with Crippen molar-refractivity contribution in [2.75, 3.05) is 44.6 Å². The molecular formula is C20H24N2O4. The molecule has 2 aromatic carbocycles. The van der Waals surface area contributed by atoms with E-state index in [0.29, 0.717) is 17.1 Å². The highest BCUT2D eigenvalue weighted by molar-refractivity contribution is 6.06. The molecule has 26 heavy (non-hydrogen) atoms. The lowest BCUT2D eigenvalue weighted by atomic mass is 10.1. The summed E-state index contributed by atoms with van der Waals surface area (Å²) in [6.07, 6.45) is 1.32. The molecule has 6 heteroatoms. The van der Waals surface area contributed by atoms with Crippen LogP contribution in [0.4, 0.5) is 11.4 Å². The first-order valence-corrected chi connectivity index (χ1v) is 8.55. The average molecular weight is 356 g/mol. The summed E-state index contributed by atoms with van der Waals surface area (Å²) in [6, 6.07) is 13.0. The number of carbonyl (C=O) groups is 1. The number of hydrogen-bond acceptors (Lipinski definition) is 5. The van der Waals surface area contributed by atoms with Crippen LogP contribution in [0.3, 0.4) is 0 Å². The van der Waals surface area contributed by atoms with Crippen LogP contribution in [-0.2, 0) is 4.74 Å². The van der Waals surface area contributed by atoms with Crippen molar-refractivity contribution >= 4 is 17.3 Å². The van der Waals surface area contributed by atoms with Gasteiger partial charge in [-0.2, -0.15) is 0 Å². The normalized spacial score (nSPS) is 16.4. The number of rotatable bonds is 6. The summed E-state index contributed by atoms with van der Waals surface area (Å²) in [7, 11) is 4.86. The number of nitrogens with one attached hydrogen (secondary N) is 1. The molecule has 0 radical (unpaired) electrons. The Labute approximate surface area is 153 Å². The zero-order valence-corrected chi connectivity index (χ0v) is 15.3. The van der Waals surface area contributed by atoms with Crippen molar-refractivity contribution in [3.63, 3.8) is 0 Å². The maximum absolute atomic E-state index is 12.6. The maximum atomic E-state index is 12.6. The lowest BCUT2D eigenvalue weighted by molar-refractivity contribution is 0.102. The summed E-state index contributed by atoms with van der Waals surface area (Å²) < 4.78 is 15.9. The molecule has 1 aliphatic rings. The fourth-order valence-corrected chi connectivity index (χ4v) is 3.10. The molecule has 1 amide bonds. The van der Waals surface area contributed by atoms with E-state index in [9.17, 15) is 4.79 Å². The Morgan fingerprint density at radius 2 is 1.85 bits per heavy atom. The number of nitrogens with zero attached hydrogens (tertiary/aromatic N) is 1. The zero-order valence-electron chi connectivity index (χ0n) is 15.3. The predicted octanol–water partition coefficient (Wildman–Crippen LogP) is 3.18. The third kappa shape index (κ3) is 3.91. The number of anilines is 2. The first-order chi connectivity index (χ1) is 12.6. The summed E-state index contributed by atoms with van der Waals surface area (Å²) in [5.74, 6) is 0.891. The van der Waals surface area contributed by atoms with Crippen LogP contribution in [0.15, 0.2) is 42.5 Å². The van der Waals surface area contributed by atoms with Gasteiger partial charge in [0.2, 0.25) is 0 Å². The lowest BCUT2D eigenvalue weighted by Gasteiger charge is -2.18. The third-order valence-corrected chi connectivity index (χ3v) is 4.62. The molecule has 1 N–H and O–H groups in total. The quantitative estimate of drug-likeness (QED) is 0.861. The molecule has 1 atom stereocenters. The summed E-state index contributed by atoms with van der Waals surface area (Å²) in [4.78, 5) is 14.8. The number of amides is 1. The molecule has 0 aliphatic carbocycles. The van der Waals surface area contributed by atoms with Gasteiger partial charge in [0.25, 0.3) is 5.91 Å². The van der Waals surface area contributed by atoms with Crippen LogP contribution in [0.25, 0.3) is 0 Å².